The third-order valence-corrected chi connectivity index (χ3v) is 5.90. The highest BCUT2D eigenvalue weighted by Gasteiger charge is 2.32. The Kier molecular flexibility index (Phi) is 6.88. The minimum Gasteiger partial charge on any atom is -0.479 e. The van der Waals surface area contributed by atoms with E-state index in [9.17, 15) is 9.59 Å². The van der Waals surface area contributed by atoms with E-state index >= 15 is 0 Å². The van der Waals surface area contributed by atoms with E-state index in [1.165, 1.54) is 6.42 Å². The van der Waals surface area contributed by atoms with Gasteiger partial charge in [-0.3, -0.25) is 9.59 Å². The molecule has 0 aromatic heterocycles. The van der Waals surface area contributed by atoms with Crippen LogP contribution in [0.5, 0.6) is 5.75 Å². The molecule has 7 heteroatoms. The Morgan fingerprint density at radius 3 is 2.33 bits per heavy atom. The number of ether oxygens (including phenoxy) is 1. The summed E-state index contributed by atoms with van der Waals surface area (Å²) in [6, 6.07) is 4.93. The Bertz CT molecular complexity index is 684. The zero-order valence-corrected chi connectivity index (χ0v) is 17.1. The van der Waals surface area contributed by atoms with Crippen LogP contribution in [0.15, 0.2) is 18.2 Å². The van der Waals surface area contributed by atoms with Crippen LogP contribution in [0.25, 0.3) is 0 Å². The number of hydrogen-bond donors (Lipinski definition) is 0. The molecule has 1 atom stereocenters. The van der Waals surface area contributed by atoms with Gasteiger partial charge in [-0.2, -0.15) is 0 Å². The number of piperidine rings is 2. The van der Waals surface area contributed by atoms with Gasteiger partial charge in [0.15, 0.2) is 6.10 Å². The molecule has 0 bridgehead atoms. The van der Waals surface area contributed by atoms with E-state index in [0.717, 1.165) is 38.8 Å². The summed E-state index contributed by atoms with van der Waals surface area (Å²) in [6.45, 7) is 4.66. The van der Waals surface area contributed by atoms with Crippen molar-refractivity contribution in [1.29, 1.82) is 0 Å². The second-order valence-electron chi connectivity index (χ2n) is 7.32. The van der Waals surface area contributed by atoms with E-state index in [1.807, 2.05) is 4.90 Å². The molecule has 1 aromatic rings. The van der Waals surface area contributed by atoms with E-state index in [1.54, 1.807) is 30.0 Å². The van der Waals surface area contributed by atoms with Gasteiger partial charge in [-0.25, -0.2) is 0 Å². The molecule has 1 aromatic carbocycles. The molecule has 27 heavy (non-hydrogen) atoms. The highest BCUT2D eigenvalue weighted by Crippen LogP contribution is 2.29. The van der Waals surface area contributed by atoms with Crippen LogP contribution in [0.1, 0.15) is 39.0 Å². The number of hydrogen-bond acceptors (Lipinski definition) is 3. The Hall–Kier alpha value is -1.46. The van der Waals surface area contributed by atoms with Gasteiger partial charge in [0.05, 0.1) is 5.02 Å². The van der Waals surface area contributed by atoms with Crippen molar-refractivity contribution in [2.45, 2.75) is 45.1 Å². The molecular formula is C20H26Cl2N2O3. The molecule has 2 aliphatic heterocycles. The van der Waals surface area contributed by atoms with Crippen LogP contribution in [0.3, 0.4) is 0 Å². The topological polar surface area (TPSA) is 49.9 Å². The number of carbonyl (C=O) groups is 2. The van der Waals surface area contributed by atoms with E-state index in [4.69, 9.17) is 27.9 Å². The summed E-state index contributed by atoms with van der Waals surface area (Å²) in [5.74, 6) is 0.662. The van der Waals surface area contributed by atoms with Crippen LogP contribution in [0, 0.1) is 5.92 Å². The summed E-state index contributed by atoms with van der Waals surface area (Å²) >= 11 is 12.0. The van der Waals surface area contributed by atoms with Gasteiger partial charge >= 0.3 is 0 Å². The number of nitrogens with zero attached hydrogens (tertiary/aromatic N) is 2. The maximum absolute atomic E-state index is 12.7. The standard InChI is InChI=1S/C20H26Cl2N2O3/c1-14(27-18-6-5-16(21)13-17(18)22)19(25)24-11-7-15(8-12-24)20(26)23-9-3-2-4-10-23/h5-6,13-15H,2-4,7-12H2,1H3. The minimum absolute atomic E-state index is 0.0362. The van der Waals surface area contributed by atoms with E-state index in [2.05, 4.69) is 0 Å². The fourth-order valence-electron chi connectivity index (χ4n) is 3.79. The van der Waals surface area contributed by atoms with Crippen LogP contribution in [-0.4, -0.2) is 53.9 Å². The predicted molar refractivity (Wildman–Crippen MR) is 106 cm³/mol. The predicted octanol–water partition coefficient (Wildman–Crippen LogP) is 4.01. The molecular weight excluding hydrogens is 387 g/mol. The smallest absolute Gasteiger partial charge is 0.263 e. The Morgan fingerprint density at radius 2 is 1.70 bits per heavy atom. The zero-order valence-electron chi connectivity index (χ0n) is 15.6. The SMILES string of the molecule is CC(Oc1ccc(Cl)cc1Cl)C(=O)N1CCC(C(=O)N2CCCCC2)CC1. The van der Waals surface area contributed by atoms with Gasteiger partial charge in [0.1, 0.15) is 5.75 Å². The molecule has 5 nitrogen and oxygen atoms in total. The Balaban J connectivity index is 1.50. The van der Waals surface area contributed by atoms with E-state index in [0.29, 0.717) is 28.9 Å². The molecule has 2 saturated heterocycles. The monoisotopic (exact) mass is 412 g/mol. The first-order valence-corrected chi connectivity index (χ1v) is 10.4. The number of carbonyl (C=O) groups excluding carboxylic acids is 2. The zero-order chi connectivity index (χ0) is 19.4. The Morgan fingerprint density at radius 1 is 1.04 bits per heavy atom. The van der Waals surface area contributed by atoms with Crippen molar-refractivity contribution in [1.82, 2.24) is 9.80 Å². The molecule has 0 saturated carbocycles. The molecule has 0 aliphatic carbocycles. The third kappa shape index (κ3) is 5.08. The average Bonchev–Trinajstić information content (AvgIpc) is 2.69. The maximum Gasteiger partial charge on any atom is 0.263 e. The van der Waals surface area contributed by atoms with Crippen molar-refractivity contribution < 1.29 is 14.3 Å². The lowest BCUT2D eigenvalue weighted by atomic mass is 9.94. The second-order valence-corrected chi connectivity index (χ2v) is 8.16. The molecule has 2 heterocycles. The quantitative estimate of drug-likeness (QED) is 0.750. The van der Waals surface area contributed by atoms with Gasteiger partial charge in [-0.05, 0) is 57.2 Å². The molecule has 1 unspecified atom stereocenters. The lowest BCUT2D eigenvalue weighted by Crippen LogP contribution is -2.48. The molecule has 148 valence electrons. The first kappa shape index (κ1) is 20.3. The molecule has 0 radical (unpaired) electrons. The largest absolute Gasteiger partial charge is 0.479 e. The van der Waals surface area contributed by atoms with Crippen molar-refractivity contribution in [3.05, 3.63) is 28.2 Å². The minimum atomic E-state index is -0.641. The van der Waals surface area contributed by atoms with E-state index < -0.39 is 6.10 Å². The van der Waals surface area contributed by atoms with Crippen molar-refractivity contribution in [3.63, 3.8) is 0 Å². The fraction of sp³-hybridized carbons (Fsp3) is 0.600. The summed E-state index contributed by atoms with van der Waals surface area (Å²) in [7, 11) is 0. The average molecular weight is 413 g/mol. The fourth-order valence-corrected chi connectivity index (χ4v) is 4.24. The van der Waals surface area contributed by atoms with Gasteiger partial charge < -0.3 is 14.5 Å². The van der Waals surface area contributed by atoms with Gasteiger partial charge in [0, 0.05) is 37.1 Å². The maximum atomic E-state index is 12.7. The van der Waals surface area contributed by atoms with Crippen LogP contribution < -0.4 is 4.74 Å². The summed E-state index contributed by atoms with van der Waals surface area (Å²) in [4.78, 5) is 29.1. The normalized spacial score (nSPS) is 19.7. The van der Waals surface area contributed by atoms with Crippen LogP contribution in [0.4, 0.5) is 0 Å². The number of amides is 2. The summed E-state index contributed by atoms with van der Waals surface area (Å²) in [5, 5.41) is 0.903. The van der Waals surface area contributed by atoms with Gasteiger partial charge in [-0.1, -0.05) is 23.2 Å². The molecule has 0 spiro atoms. The molecule has 2 fully saturated rings. The van der Waals surface area contributed by atoms with Crippen molar-refractivity contribution in [2.24, 2.45) is 5.92 Å². The number of benzene rings is 1. The number of likely N-dealkylation sites (tertiary alicyclic amines) is 2. The highest BCUT2D eigenvalue weighted by atomic mass is 35.5. The first-order valence-electron chi connectivity index (χ1n) is 9.65. The van der Waals surface area contributed by atoms with Crippen molar-refractivity contribution in [2.75, 3.05) is 26.2 Å². The lowest BCUT2D eigenvalue weighted by Gasteiger charge is -2.36. The van der Waals surface area contributed by atoms with Gasteiger partial charge in [0.2, 0.25) is 5.91 Å². The second kappa shape index (κ2) is 9.16. The molecule has 0 N–H and O–H groups in total. The summed E-state index contributed by atoms with van der Waals surface area (Å²) < 4.78 is 5.73. The van der Waals surface area contributed by atoms with Crippen molar-refractivity contribution >= 4 is 35.0 Å². The highest BCUT2D eigenvalue weighted by molar-refractivity contribution is 6.35. The number of rotatable bonds is 4. The van der Waals surface area contributed by atoms with Gasteiger partial charge in [-0.15, -0.1) is 0 Å². The van der Waals surface area contributed by atoms with Crippen LogP contribution in [-0.2, 0) is 9.59 Å². The lowest BCUT2D eigenvalue weighted by molar-refractivity contribution is -0.144. The molecule has 2 aliphatic rings. The van der Waals surface area contributed by atoms with E-state index in [-0.39, 0.29) is 17.7 Å². The molecule has 3 rings (SSSR count). The first-order chi connectivity index (χ1) is 13.0. The Labute approximate surface area is 170 Å². The summed E-state index contributed by atoms with van der Waals surface area (Å²) in [6.07, 6.45) is 4.21. The van der Waals surface area contributed by atoms with Crippen LogP contribution >= 0.6 is 23.2 Å². The summed E-state index contributed by atoms with van der Waals surface area (Å²) in [5.41, 5.74) is 0. The third-order valence-electron chi connectivity index (χ3n) is 5.37. The molecule has 2 amide bonds. The van der Waals surface area contributed by atoms with Crippen molar-refractivity contribution in [3.8, 4) is 5.75 Å². The van der Waals surface area contributed by atoms with Gasteiger partial charge in [0.25, 0.3) is 5.91 Å². The van der Waals surface area contributed by atoms with Crippen LogP contribution in [0.2, 0.25) is 10.0 Å². The number of halogens is 2.